The van der Waals surface area contributed by atoms with Gasteiger partial charge in [0.1, 0.15) is 0 Å². The number of aromatic amines is 1. The summed E-state index contributed by atoms with van der Waals surface area (Å²) < 4.78 is 0. The van der Waals surface area contributed by atoms with Crippen molar-refractivity contribution in [3.8, 4) is 0 Å². The molecule has 1 N–H and O–H groups in total. The van der Waals surface area contributed by atoms with Crippen molar-refractivity contribution in [3.63, 3.8) is 0 Å². The smallest absolute Gasteiger partial charge is 0.0539 e. The van der Waals surface area contributed by atoms with Crippen LogP contribution in [-0.4, -0.2) is 23.5 Å². The fourth-order valence-corrected chi connectivity index (χ4v) is 4.54. The van der Waals surface area contributed by atoms with Gasteiger partial charge in [-0.15, -0.1) is 12.4 Å². The Morgan fingerprint density at radius 2 is 1.81 bits per heavy atom. The zero-order valence-corrected chi connectivity index (χ0v) is 16.6. The summed E-state index contributed by atoms with van der Waals surface area (Å²) >= 11 is 0. The van der Waals surface area contributed by atoms with E-state index in [4.69, 9.17) is 0 Å². The van der Waals surface area contributed by atoms with Gasteiger partial charge in [-0.2, -0.15) is 0 Å². The van der Waals surface area contributed by atoms with Gasteiger partial charge in [0.2, 0.25) is 0 Å². The molecule has 5 rings (SSSR count). The molecular weight excluding hydrogens is 352 g/mol. The van der Waals surface area contributed by atoms with Crippen molar-refractivity contribution in [2.75, 3.05) is 13.6 Å². The highest BCUT2D eigenvalue weighted by Crippen LogP contribution is 2.36. The highest BCUT2D eigenvalue weighted by molar-refractivity contribution is 5.87. The summed E-state index contributed by atoms with van der Waals surface area (Å²) in [6.07, 6.45) is 2.16. The van der Waals surface area contributed by atoms with Gasteiger partial charge in [-0.05, 0) is 60.8 Å². The monoisotopic (exact) mass is 376 g/mol. The summed E-state index contributed by atoms with van der Waals surface area (Å²) in [5, 5.41) is 4.12. The molecule has 1 unspecified atom stereocenters. The number of rotatable bonds is 2. The summed E-state index contributed by atoms with van der Waals surface area (Å²) in [6, 6.07) is 22.6. The normalized spacial score (nSPS) is 17.0. The highest BCUT2D eigenvalue weighted by atomic mass is 35.5. The van der Waals surface area contributed by atoms with Crippen molar-refractivity contribution in [3.05, 3.63) is 83.0 Å². The molecule has 1 atom stereocenters. The molecule has 0 saturated heterocycles. The first-order valence-corrected chi connectivity index (χ1v) is 9.49. The lowest BCUT2D eigenvalue weighted by atomic mass is 9.91. The number of likely N-dealkylation sites (N-methyl/N-ethyl adjacent to an activating group) is 1. The predicted octanol–water partition coefficient (Wildman–Crippen LogP) is 5.82. The Morgan fingerprint density at radius 3 is 2.70 bits per heavy atom. The first-order valence-electron chi connectivity index (χ1n) is 9.49. The topological polar surface area (TPSA) is 19.0 Å². The molecule has 2 nitrogen and oxygen atoms in total. The van der Waals surface area contributed by atoms with Crippen LogP contribution in [0.3, 0.4) is 0 Å². The maximum atomic E-state index is 3.75. The molecule has 27 heavy (non-hydrogen) atoms. The van der Waals surface area contributed by atoms with Crippen LogP contribution in [0.2, 0.25) is 0 Å². The van der Waals surface area contributed by atoms with Crippen molar-refractivity contribution in [1.82, 2.24) is 9.88 Å². The second-order valence-corrected chi connectivity index (χ2v) is 7.66. The van der Waals surface area contributed by atoms with Crippen LogP contribution in [0.25, 0.3) is 21.7 Å². The van der Waals surface area contributed by atoms with Gasteiger partial charge in [-0.3, -0.25) is 4.90 Å². The summed E-state index contributed by atoms with van der Waals surface area (Å²) in [5.74, 6) is 0. The third-order valence-electron chi connectivity index (χ3n) is 5.97. The van der Waals surface area contributed by atoms with Gasteiger partial charge in [0.25, 0.3) is 0 Å². The van der Waals surface area contributed by atoms with E-state index in [1.165, 1.54) is 44.1 Å². The number of nitrogens with one attached hydrogen (secondary N) is 1. The first kappa shape index (κ1) is 18.1. The Morgan fingerprint density at radius 1 is 1.00 bits per heavy atom. The molecule has 3 heteroatoms. The number of nitrogens with zero attached hydrogens (tertiary/aromatic N) is 1. The van der Waals surface area contributed by atoms with Crippen LogP contribution in [0.1, 0.15) is 28.4 Å². The first-order chi connectivity index (χ1) is 12.7. The predicted molar refractivity (Wildman–Crippen MR) is 117 cm³/mol. The summed E-state index contributed by atoms with van der Waals surface area (Å²) in [5.41, 5.74) is 6.98. The molecule has 1 aliphatic rings. The van der Waals surface area contributed by atoms with Gasteiger partial charge < -0.3 is 4.98 Å². The second-order valence-electron chi connectivity index (χ2n) is 7.66. The van der Waals surface area contributed by atoms with Crippen LogP contribution in [0, 0.1) is 6.92 Å². The lowest BCUT2D eigenvalue weighted by molar-refractivity contribution is 0.226. The van der Waals surface area contributed by atoms with Crippen molar-refractivity contribution in [2.45, 2.75) is 25.8 Å². The summed E-state index contributed by atoms with van der Waals surface area (Å²) in [6.45, 7) is 3.30. The number of aromatic nitrogens is 1. The molecule has 138 valence electrons. The van der Waals surface area contributed by atoms with Crippen LogP contribution in [0.5, 0.6) is 0 Å². The molecule has 0 aliphatic carbocycles. The molecule has 0 bridgehead atoms. The number of hydrogen-bond acceptors (Lipinski definition) is 1. The van der Waals surface area contributed by atoms with E-state index in [-0.39, 0.29) is 12.4 Å². The van der Waals surface area contributed by atoms with Gasteiger partial charge in [0.15, 0.2) is 0 Å². The maximum absolute atomic E-state index is 3.75. The number of hydrogen-bond donors (Lipinski definition) is 1. The van der Waals surface area contributed by atoms with Gasteiger partial charge in [0.05, 0.1) is 6.04 Å². The standard InChI is InChI=1S/C24H24N2.ClH/c1-16-10-11-22-21(14-16)20-12-13-26(2)23(24(20)25-22)15-18-8-5-7-17-6-3-4-9-19(17)18;/h3-11,14,23,25H,12-13,15H2,1-2H3;1H. The maximum Gasteiger partial charge on any atom is 0.0539 e. The molecule has 0 saturated carbocycles. The largest absolute Gasteiger partial charge is 0.357 e. The average molecular weight is 377 g/mol. The van der Waals surface area contributed by atoms with E-state index in [1.54, 1.807) is 0 Å². The molecule has 0 spiro atoms. The fraction of sp³-hybridized carbons (Fsp3) is 0.250. The zero-order valence-electron chi connectivity index (χ0n) is 15.8. The van der Waals surface area contributed by atoms with Crippen LogP contribution < -0.4 is 0 Å². The molecular formula is C24H25ClN2. The van der Waals surface area contributed by atoms with E-state index in [0.717, 1.165) is 19.4 Å². The lowest BCUT2D eigenvalue weighted by Gasteiger charge is -2.33. The number of aryl methyl sites for hydroxylation is 1. The third kappa shape index (κ3) is 3.03. The third-order valence-corrected chi connectivity index (χ3v) is 5.97. The molecule has 1 aliphatic heterocycles. The van der Waals surface area contributed by atoms with Gasteiger partial charge >= 0.3 is 0 Å². The lowest BCUT2D eigenvalue weighted by Crippen LogP contribution is -2.33. The molecule has 0 amide bonds. The molecule has 1 aromatic heterocycles. The van der Waals surface area contributed by atoms with E-state index < -0.39 is 0 Å². The molecule has 3 aromatic carbocycles. The van der Waals surface area contributed by atoms with Gasteiger partial charge in [-0.25, -0.2) is 0 Å². The van der Waals surface area contributed by atoms with Crippen molar-refractivity contribution in [2.24, 2.45) is 0 Å². The van der Waals surface area contributed by atoms with E-state index in [2.05, 4.69) is 84.5 Å². The van der Waals surface area contributed by atoms with E-state index in [0.29, 0.717) is 6.04 Å². The molecule has 0 fully saturated rings. The van der Waals surface area contributed by atoms with Gasteiger partial charge in [0, 0.05) is 23.1 Å². The average Bonchev–Trinajstić information content (AvgIpc) is 3.02. The summed E-state index contributed by atoms with van der Waals surface area (Å²) in [4.78, 5) is 6.26. The van der Waals surface area contributed by atoms with E-state index in [1.807, 2.05) is 0 Å². The summed E-state index contributed by atoms with van der Waals surface area (Å²) in [7, 11) is 2.26. The van der Waals surface area contributed by atoms with E-state index in [9.17, 15) is 0 Å². The number of H-pyrrole nitrogens is 1. The van der Waals surface area contributed by atoms with E-state index >= 15 is 0 Å². The van der Waals surface area contributed by atoms with Crippen LogP contribution in [0.4, 0.5) is 0 Å². The number of halogens is 1. The van der Waals surface area contributed by atoms with Crippen LogP contribution in [-0.2, 0) is 12.8 Å². The minimum Gasteiger partial charge on any atom is -0.357 e. The van der Waals surface area contributed by atoms with Crippen molar-refractivity contribution < 1.29 is 0 Å². The Labute approximate surface area is 166 Å². The molecule has 2 heterocycles. The Bertz CT molecular complexity index is 1110. The Kier molecular flexibility index (Phi) is 4.71. The minimum atomic E-state index is 0. The second kappa shape index (κ2) is 7.03. The minimum absolute atomic E-state index is 0. The number of fused-ring (bicyclic) bond motifs is 4. The fourth-order valence-electron chi connectivity index (χ4n) is 4.54. The quantitative estimate of drug-likeness (QED) is 0.466. The van der Waals surface area contributed by atoms with Gasteiger partial charge in [-0.1, -0.05) is 54.1 Å². The SMILES string of the molecule is Cc1ccc2[nH]c3c(c2c1)CCN(C)C3Cc1cccc2ccccc12.Cl. The zero-order chi connectivity index (χ0) is 17.7. The highest BCUT2D eigenvalue weighted by Gasteiger charge is 2.28. The molecule has 4 aromatic rings. The Hall–Kier alpha value is -2.29. The van der Waals surface area contributed by atoms with Crippen LogP contribution >= 0.6 is 12.4 Å². The van der Waals surface area contributed by atoms with Crippen molar-refractivity contribution >= 4 is 34.1 Å². The van der Waals surface area contributed by atoms with Crippen LogP contribution in [0.15, 0.2) is 60.7 Å². The Balaban J connectivity index is 0.00000180. The molecule has 0 radical (unpaired) electrons. The van der Waals surface area contributed by atoms with Crippen molar-refractivity contribution in [1.29, 1.82) is 0 Å². The number of benzene rings is 3.